The zero-order valence-electron chi connectivity index (χ0n) is 18.6. The van der Waals surface area contributed by atoms with Gasteiger partial charge in [0.15, 0.2) is 0 Å². The number of benzene rings is 1. The summed E-state index contributed by atoms with van der Waals surface area (Å²) < 4.78 is 17.8. The molecule has 0 spiro atoms. The Bertz CT molecular complexity index is 1130. The van der Waals surface area contributed by atoms with Gasteiger partial charge in [0.05, 0.1) is 12.3 Å². The minimum absolute atomic E-state index is 0.0642. The van der Waals surface area contributed by atoms with E-state index in [-0.39, 0.29) is 12.2 Å². The fraction of sp³-hybridized carbons (Fsp3) is 0.269. The van der Waals surface area contributed by atoms with Crippen LogP contribution in [0.25, 0.3) is 22.4 Å². The van der Waals surface area contributed by atoms with E-state index < -0.39 is 0 Å². The van der Waals surface area contributed by atoms with Crippen molar-refractivity contribution in [3.8, 4) is 16.5 Å². The lowest BCUT2D eigenvalue weighted by atomic mass is 9.98. The minimum atomic E-state index is -0.153. The standard InChI is InChI=1S/C26H28N2O3S/c1-5-19-6-9-25(17(2)12-19)31-22-14-20(13-21(15-22)30-18(3)16-29-4)23-7-8-24(28-23)26-27-10-11-32-26/h5-13,15,18,22,28H,1,14,16H2,2-4H3. The van der Waals surface area contributed by atoms with E-state index in [1.165, 1.54) is 0 Å². The molecule has 166 valence electrons. The van der Waals surface area contributed by atoms with Crippen LogP contribution in [0.4, 0.5) is 0 Å². The third-order valence-electron chi connectivity index (χ3n) is 5.23. The molecule has 0 fully saturated rings. The molecule has 5 nitrogen and oxygen atoms in total. The fourth-order valence-corrected chi connectivity index (χ4v) is 4.35. The molecule has 32 heavy (non-hydrogen) atoms. The van der Waals surface area contributed by atoms with E-state index in [1.807, 2.05) is 42.8 Å². The smallest absolute Gasteiger partial charge is 0.139 e. The summed E-state index contributed by atoms with van der Waals surface area (Å²) in [6, 6.07) is 10.2. The molecule has 3 aromatic rings. The molecule has 0 radical (unpaired) electrons. The van der Waals surface area contributed by atoms with E-state index in [0.717, 1.165) is 51.0 Å². The van der Waals surface area contributed by atoms with Crippen molar-refractivity contribution >= 4 is 23.0 Å². The van der Waals surface area contributed by atoms with Gasteiger partial charge in [-0.1, -0.05) is 18.7 Å². The summed E-state index contributed by atoms with van der Waals surface area (Å²) in [5.41, 5.74) is 5.33. The summed E-state index contributed by atoms with van der Waals surface area (Å²) in [7, 11) is 1.68. The number of nitrogens with zero attached hydrogens (tertiary/aromatic N) is 1. The molecule has 0 bridgehead atoms. The number of allylic oxidation sites excluding steroid dienone is 1. The van der Waals surface area contributed by atoms with E-state index in [4.69, 9.17) is 14.2 Å². The number of thiazole rings is 1. The third kappa shape index (κ3) is 5.21. The summed E-state index contributed by atoms with van der Waals surface area (Å²) in [5, 5.41) is 2.95. The van der Waals surface area contributed by atoms with Gasteiger partial charge in [0.1, 0.15) is 28.7 Å². The van der Waals surface area contributed by atoms with Crippen molar-refractivity contribution in [2.24, 2.45) is 0 Å². The molecule has 6 heteroatoms. The number of methoxy groups -OCH3 is 1. The maximum Gasteiger partial charge on any atom is 0.139 e. The van der Waals surface area contributed by atoms with Crippen LogP contribution in [0, 0.1) is 6.92 Å². The van der Waals surface area contributed by atoms with Gasteiger partial charge in [0.2, 0.25) is 0 Å². The first-order chi connectivity index (χ1) is 15.6. The molecule has 1 aliphatic carbocycles. The predicted molar refractivity (Wildman–Crippen MR) is 131 cm³/mol. The van der Waals surface area contributed by atoms with Crippen molar-refractivity contribution < 1.29 is 14.2 Å². The van der Waals surface area contributed by atoms with Crippen LogP contribution in [0.3, 0.4) is 0 Å². The summed E-state index contributed by atoms with van der Waals surface area (Å²) in [4.78, 5) is 7.90. The van der Waals surface area contributed by atoms with Gasteiger partial charge in [0, 0.05) is 30.8 Å². The van der Waals surface area contributed by atoms with Gasteiger partial charge in [-0.15, -0.1) is 11.3 Å². The zero-order chi connectivity index (χ0) is 22.5. The molecule has 2 aromatic heterocycles. The number of hydrogen-bond acceptors (Lipinski definition) is 5. The van der Waals surface area contributed by atoms with Crippen LogP contribution < -0.4 is 4.74 Å². The Hall–Kier alpha value is -3.09. The highest BCUT2D eigenvalue weighted by Gasteiger charge is 2.22. The predicted octanol–water partition coefficient (Wildman–Crippen LogP) is 6.26. The van der Waals surface area contributed by atoms with E-state index in [2.05, 4.69) is 47.7 Å². The SMILES string of the molecule is C=Cc1ccc(OC2C=C(OC(C)COC)C=C(c3ccc(-c4nccs4)[nH]3)C2)c(C)c1. The highest BCUT2D eigenvalue weighted by atomic mass is 32.1. The molecule has 1 aliphatic rings. The summed E-state index contributed by atoms with van der Waals surface area (Å²) in [5.74, 6) is 1.64. The second kappa shape index (κ2) is 10.0. The second-order valence-corrected chi connectivity index (χ2v) is 8.73. The first-order valence-electron chi connectivity index (χ1n) is 10.6. The number of rotatable bonds is 9. The number of nitrogens with one attached hydrogen (secondary N) is 1. The Kier molecular flexibility index (Phi) is 6.93. The summed E-state index contributed by atoms with van der Waals surface area (Å²) in [6.45, 7) is 8.41. The van der Waals surface area contributed by atoms with E-state index in [0.29, 0.717) is 6.61 Å². The van der Waals surface area contributed by atoms with Gasteiger partial charge in [-0.2, -0.15) is 0 Å². The van der Waals surface area contributed by atoms with E-state index in [9.17, 15) is 0 Å². The monoisotopic (exact) mass is 448 g/mol. The first-order valence-corrected chi connectivity index (χ1v) is 11.5. The molecule has 1 N–H and O–H groups in total. The summed E-state index contributed by atoms with van der Waals surface area (Å²) >= 11 is 1.61. The molecule has 0 aliphatic heterocycles. The molecule has 0 saturated heterocycles. The minimum Gasteiger partial charge on any atom is -0.489 e. The number of aromatic nitrogens is 2. The second-order valence-electron chi connectivity index (χ2n) is 7.83. The molecule has 2 unspecified atom stereocenters. The van der Waals surface area contributed by atoms with Crippen molar-refractivity contribution in [2.75, 3.05) is 13.7 Å². The normalized spacial score (nSPS) is 16.8. The summed E-state index contributed by atoms with van der Waals surface area (Å²) in [6.07, 6.45) is 8.29. The van der Waals surface area contributed by atoms with Crippen molar-refractivity contribution in [3.63, 3.8) is 0 Å². The zero-order valence-corrected chi connectivity index (χ0v) is 19.4. The van der Waals surface area contributed by atoms with E-state index in [1.54, 1.807) is 18.4 Å². The lowest BCUT2D eigenvalue weighted by Gasteiger charge is -2.25. The van der Waals surface area contributed by atoms with Crippen LogP contribution in [0.1, 0.15) is 30.2 Å². The molecule has 2 atom stereocenters. The Morgan fingerprint density at radius 1 is 1.28 bits per heavy atom. The van der Waals surface area contributed by atoms with Crippen molar-refractivity contribution in [2.45, 2.75) is 32.5 Å². The highest BCUT2D eigenvalue weighted by Crippen LogP contribution is 2.32. The third-order valence-corrected chi connectivity index (χ3v) is 6.04. The lowest BCUT2D eigenvalue weighted by Crippen LogP contribution is -2.21. The average molecular weight is 449 g/mol. The molecular weight excluding hydrogens is 420 g/mol. The molecule has 1 aromatic carbocycles. The van der Waals surface area contributed by atoms with Crippen molar-refractivity contribution in [1.29, 1.82) is 0 Å². The molecule has 2 heterocycles. The Labute approximate surface area is 193 Å². The Morgan fingerprint density at radius 3 is 2.84 bits per heavy atom. The number of aromatic amines is 1. The van der Waals surface area contributed by atoms with Gasteiger partial charge < -0.3 is 19.2 Å². The Morgan fingerprint density at radius 2 is 2.12 bits per heavy atom. The first kappa shape index (κ1) is 22.1. The maximum atomic E-state index is 6.40. The maximum absolute atomic E-state index is 6.40. The van der Waals surface area contributed by atoms with Crippen LogP contribution in [0.2, 0.25) is 0 Å². The topological polar surface area (TPSA) is 56.4 Å². The molecule has 0 saturated carbocycles. The van der Waals surface area contributed by atoms with Gasteiger partial charge in [-0.05, 0) is 67.0 Å². The molecule has 4 rings (SSSR count). The average Bonchev–Trinajstić information content (AvgIpc) is 3.47. The number of ether oxygens (including phenoxy) is 3. The van der Waals surface area contributed by atoms with Gasteiger partial charge in [-0.3, -0.25) is 0 Å². The van der Waals surface area contributed by atoms with Crippen LogP contribution in [-0.2, 0) is 9.47 Å². The van der Waals surface area contributed by atoms with Gasteiger partial charge in [-0.25, -0.2) is 4.98 Å². The molecular formula is C26H28N2O3S. The molecule has 0 amide bonds. The van der Waals surface area contributed by atoms with E-state index >= 15 is 0 Å². The van der Waals surface area contributed by atoms with Crippen LogP contribution in [0.5, 0.6) is 5.75 Å². The van der Waals surface area contributed by atoms with Crippen molar-refractivity contribution in [1.82, 2.24) is 9.97 Å². The van der Waals surface area contributed by atoms with Crippen LogP contribution >= 0.6 is 11.3 Å². The Balaban J connectivity index is 1.59. The number of aryl methyl sites for hydroxylation is 1. The fourth-order valence-electron chi connectivity index (χ4n) is 3.73. The quantitative estimate of drug-likeness (QED) is 0.420. The van der Waals surface area contributed by atoms with Crippen LogP contribution in [-0.4, -0.2) is 35.9 Å². The highest BCUT2D eigenvalue weighted by molar-refractivity contribution is 7.13. The van der Waals surface area contributed by atoms with Crippen LogP contribution in [0.15, 0.2) is 66.4 Å². The van der Waals surface area contributed by atoms with Crippen molar-refractivity contribution in [3.05, 3.63) is 83.2 Å². The number of hydrogen-bond donors (Lipinski definition) is 1. The number of H-pyrrole nitrogens is 1. The largest absolute Gasteiger partial charge is 0.489 e. The van der Waals surface area contributed by atoms with Gasteiger partial charge >= 0.3 is 0 Å². The lowest BCUT2D eigenvalue weighted by molar-refractivity contribution is 0.0511. The van der Waals surface area contributed by atoms with Gasteiger partial charge in [0.25, 0.3) is 0 Å².